The lowest BCUT2D eigenvalue weighted by atomic mass is 9.61. The van der Waals surface area contributed by atoms with Crippen LogP contribution in [0, 0.1) is 5.41 Å². The van der Waals surface area contributed by atoms with Gasteiger partial charge in [0.05, 0.1) is 0 Å². The first kappa shape index (κ1) is 19.0. The van der Waals surface area contributed by atoms with Crippen LogP contribution in [0.2, 0.25) is 0 Å². The molecule has 0 aliphatic heterocycles. The lowest BCUT2D eigenvalue weighted by Crippen LogP contribution is -2.53. The Morgan fingerprint density at radius 1 is 0.714 bits per heavy atom. The topological polar surface area (TPSA) is 26.0 Å². The Morgan fingerprint density at radius 3 is 1.71 bits per heavy atom. The van der Waals surface area contributed by atoms with Gasteiger partial charge in [-0.3, -0.25) is 0 Å². The molecule has 0 aromatic carbocycles. The molecule has 1 aliphatic rings. The predicted octanol–water partition coefficient (Wildman–Crippen LogP) is 6.60. The average molecular weight is 296 g/mol. The van der Waals surface area contributed by atoms with Crippen LogP contribution in [0.3, 0.4) is 0 Å². The Hall–Kier alpha value is -0.0400. The van der Waals surface area contributed by atoms with E-state index in [1.165, 1.54) is 96.3 Å². The van der Waals surface area contributed by atoms with Crippen LogP contribution in [0.25, 0.3) is 0 Å². The molecule has 0 saturated heterocycles. The molecule has 0 radical (unpaired) electrons. The van der Waals surface area contributed by atoms with Crippen molar-refractivity contribution in [3.63, 3.8) is 0 Å². The summed E-state index contributed by atoms with van der Waals surface area (Å²) < 4.78 is 0. The SMILES string of the molecule is CCCCCCCCCCCCC1(C)CCCCC1(C)N. The zero-order valence-corrected chi connectivity index (χ0v) is 15.2. The fourth-order valence-corrected chi connectivity index (χ4v) is 4.01. The number of hydrogen-bond acceptors (Lipinski definition) is 1. The molecular weight excluding hydrogens is 254 g/mol. The monoisotopic (exact) mass is 295 g/mol. The molecular formula is C20H41N. The molecule has 0 bridgehead atoms. The van der Waals surface area contributed by atoms with Gasteiger partial charge in [-0.05, 0) is 31.6 Å². The molecule has 1 saturated carbocycles. The van der Waals surface area contributed by atoms with Gasteiger partial charge in [0.15, 0.2) is 0 Å². The summed E-state index contributed by atoms with van der Waals surface area (Å²) in [5.74, 6) is 0. The molecule has 0 heterocycles. The summed E-state index contributed by atoms with van der Waals surface area (Å²) in [6.45, 7) is 7.03. The van der Waals surface area contributed by atoms with E-state index in [9.17, 15) is 0 Å². The summed E-state index contributed by atoms with van der Waals surface area (Å²) in [6.07, 6.45) is 20.9. The van der Waals surface area contributed by atoms with E-state index in [1.807, 2.05) is 0 Å². The molecule has 2 N–H and O–H groups in total. The smallest absolute Gasteiger partial charge is 0.0180 e. The van der Waals surface area contributed by atoms with E-state index in [4.69, 9.17) is 5.73 Å². The molecule has 0 aromatic heterocycles. The number of nitrogens with two attached hydrogens (primary N) is 1. The van der Waals surface area contributed by atoms with Crippen molar-refractivity contribution < 1.29 is 0 Å². The highest BCUT2D eigenvalue weighted by Crippen LogP contribution is 2.45. The third kappa shape index (κ3) is 6.72. The second kappa shape index (κ2) is 9.87. The molecule has 126 valence electrons. The Labute approximate surface area is 134 Å². The summed E-state index contributed by atoms with van der Waals surface area (Å²) in [5.41, 5.74) is 7.04. The number of rotatable bonds is 11. The van der Waals surface area contributed by atoms with Gasteiger partial charge in [0, 0.05) is 5.54 Å². The lowest BCUT2D eigenvalue weighted by molar-refractivity contribution is 0.0810. The lowest BCUT2D eigenvalue weighted by Gasteiger charge is -2.48. The van der Waals surface area contributed by atoms with Gasteiger partial charge >= 0.3 is 0 Å². The van der Waals surface area contributed by atoms with Crippen molar-refractivity contribution in [2.24, 2.45) is 11.1 Å². The van der Waals surface area contributed by atoms with Crippen LogP contribution < -0.4 is 5.73 Å². The first-order chi connectivity index (χ1) is 10.0. The number of hydrogen-bond donors (Lipinski definition) is 1. The van der Waals surface area contributed by atoms with E-state index < -0.39 is 0 Å². The van der Waals surface area contributed by atoms with Crippen LogP contribution in [0.4, 0.5) is 0 Å². The Kier molecular flexibility index (Phi) is 8.94. The quantitative estimate of drug-likeness (QED) is 0.427. The van der Waals surface area contributed by atoms with Crippen molar-refractivity contribution in [1.29, 1.82) is 0 Å². The van der Waals surface area contributed by atoms with Gasteiger partial charge in [-0.15, -0.1) is 0 Å². The summed E-state index contributed by atoms with van der Waals surface area (Å²) in [7, 11) is 0. The van der Waals surface area contributed by atoms with Crippen LogP contribution in [0.1, 0.15) is 117 Å². The average Bonchev–Trinajstić information content (AvgIpc) is 2.44. The molecule has 0 spiro atoms. The minimum absolute atomic E-state index is 0.0739. The highest BCUT2D eigenvalue weighted by Gasteiger charge is 2.42. The molecule has 2 unspecified atom stereocenters. The maximum Gasteiger partial charge on any atom is 0.0180 e. The van der Waals surface area contributed by atoms with E-state index in [0.717, 1.165) is 0 Å². The fourth-order valence-electron chi connectivity index (χ4n) is 4.01. The van der Waals surface area contributed by atoms with E-state index >= 15 is 0 Å². The van der Waals surface area contributed by atoms with Gasteiger partial charge in [0.25, 0.3) is 0 Å². The second-order valence-electron chi connectivity index (χ2n) is 8.12. The van der Waals surface area contributed by atoms with Crippen molar-refractivity contribution in [1.82, 2.24) is 0 Å². The molecule has 1 heteroatoms. The van der Waals surface area contributed by atoms with Crippen LogP contribution in [0.15, 0.2) is 0 Å². The molecule has 21 heavy (non-hydrogen) atoms. The van der Waals surface area contributed by atoms with Crippen molar-refractivity contribution in [2.75, 3.05) is 0 Å². The summed E-state index contributed by atoms with van der Waals surface area (Å²) >= 11 is 0. The van der Waals surface area contributed by atoms with Crippen LogP contribution in [0.5, 0.6) is 0 Å². The largest absolute Gasteiger partial charge is 0.325 e. The van der Waals surface area contributed by atoms with Gasteiger partial charge in [-0.2, -0.15) is 0 Å². The molecule has 0 aromatic rings. The van der Waals surface area contributed by atoms with Gasteiger partial charge in [-0.1, -0.05) is 90.9 Å². The maximum atomic E-state index is 6.58. The second-order valence-corrected chi connectivity index (χ2v) is 8.12. The first-order valence-electron chi connectivity index (χ1n) is 9.81. The van der Waals surface area contributed by atoms with Gasteiger partial charge < -0.3 is 5.73 Å². The van der Waals surface area contributed by atoms with Crippen LogP contribution in [-0.4, -0.2) is 5.54 Å². The summed E-state index contributed by atoms with van der Waals surface area (Å²) in [4.78, 5) is 0. The zero-order chi connectivity index (χ0) is 15.6. The van der Waals surface area contributed by atoms with Crippen molar-refractivity contribution in [3.8, 4) is 0 Å². The predicted molar refractivity (Wildman–Crippen MR) is 95.6 cm³/mol. The van der Waals surface area contributed by atoms with E-state index in [1.54, 1.807) is 0 Å². The van der Waals surface area contributed by atoms with Crippen molar-refractivity contribution in [2.45, 2.75) is 123 Å². The Balaban J connectivity index is 2.01. The normalized spacial score (nSPS) is 29.7. The van der Waals surface area contributed by atoms with E-state index in [0.29, 0.717) is 5.41 Å². The third-order valence-corrected chi connectivity index (χ3v) is 6.14. The zero-order valence-electron chi connectivity index (χ0n) is 15.2. The van der Waals surface area contributed by atoms with E-state index in [2.05, 4.69) is 20.8 Å². The minimum Gasteiger partial charge on any atom is -0.325 e. The van der Waals surface area contributed by atoms with Crippen LogP contribution in [-0.2, 0) is 0 Å². The summed E-state index contributed by atoms with van der Waals surface area (Å²) in [6, 6.07) is 0. The Morgan fingerprint density at radius 2 is 1.19 bits per heavy atom. The van der Waals surface area contributed by atoms with Gasteiger partial charge in [0.1, 0.15) is 0 Å². The Bertz CT molecular complexity index is 259. The standard InChI is InChI=1S/C20H41N/c1-4-5-6-7-8-9-10-11-12-13-16-19(2)17-14-15-18-20(19,3)21/h4-18,21H2,1-3H3. The first-order valence-corrected chi connectivity index (χ1v) is 9.81. The van der Waals surface area contributed by atoms with Gasteiger partial charge in [0.2, 0.25) is 0 Å². The maximum absolute atomic E-state index is 6.58. The highest BCUT2D eigenvalue weighted by atomic mass is 14.8. The highest BCUT2D eigenvalue weighted by molar-refractivity contribution is 4.99. The van der Waals surface area contributed by atoms with Gasteiger partial charge in [-0.25, -0.2) is 0 Å². The van der Waals surface area contributed by atoms with Crippen LogP contribution >= 0.6 is 0 Å². The fraction of sp³-hybridized carbons (Fsp3) is 1.00. The number of unbranched alkanes of at least 4 members (excludes halogenated alkanes) is 9. The van der Waals surface area contributed by atoms with Crippen molar-refractivity contribution in [3.05, 3.63) is 0 Å². The molecule has 1 rings (SSSR count). The molecule has 0 amide bonds. The van der Waals surface area contributed by atoms with Crippen molar-refractivity contribution >= 4 is 0 Å². The molecule has 2 atom stereocenters. The van der Waals surface area contributed by atoms with E-state index in [-0.39, 0.29) is 5.54 Å². The summed E-state index contributed by atoms with van der Waals surface area (Å²) in [5, 5.41) is 0. The molecule has 1 aliphatic carbocycles. The molecule has 1 nitrogen and oxygen atoms in total. The third-order valence-electron chi connectivity index (χ3n) is 6.14. The minimum atomic E-state index is 0.0739. The molecule has 1 fully saturated rings.